The van der Waals surface area contributed by atoms with Crippen LogP contribution in [-0.2, 0) is 0 Å². The van der Waals surface area contributed by atoms with Crippen LogP contribution in [0.5, 0.6) is 0 Å². The minimum atomic E-state index is -0.345. The second-order valence-corrected chi connectivity index (χ2v) is 3.89. The van der Waals surface area contributed by atoms with Gasteiger partial charge in [-0.2, -0.15) is 0 Å². The molecule has 0 radical (unpaired) electrons. The fraction of sp³-hybridized carbons (Fsp3) is 0. The van der Waals surface area contributed by atoms with E-state index in [1.54, 1.807) is 24.5 Å². The lowest BCUT2D eigenvalue weighted by atomic mass is 10.4. The smallest absolute Gasteiger partial charge is 0.141 e. The van der Waals surface area contributed by atoms with Crippen molar-refractivity contribution in [2.45, 2.75) is 9.92 Å². The van der Waals surface area contributed by atoms with Crippen LogP contribution in [0, 0.1) is 5.82 Å². The van der Waals surface area contributed by atoms with Crippen LogP contribution >= 0.6 is 11.8 Å². The number of nitrogen functional groups attached to an aromatic ring is 1. The van der Waals surface area contributed by atoms with Crippen LogP contribution in [0.4, 0.5) is 10.1 Å². The van der Waals surface area contributed by atoms with Gasteiger partial charge in [0.15, 0.2) is 0 Å². The summed E-state index contributed by atoms with van der Waals surface area (Å²) in [6, 6.07) is 4.78. The van der Waals surface area contributed by atoms with E-state index in [1.807, 2.05) is 0 Å². The number of nitrogens with two attached hydrogens (primary N) is 1. The zero-order valence-electron chi connectivity index (χ0n) is 7.72. The molecule has 0 saturated carbocycles. The van der Waals surface area contributed by atoms with E-state index in [0.717, 1.165) is 4.90 Å². The van der Waals surface area contributed by atoms with Crippen LogP contribution < -0.4 is 5.73 Å². The van der Waals surface area contributed by atoms with Gasteiger partial charge in [0, 0.05) is 11.1 Å². The van der Waals surface area contributed by atoms with Crippen LogP contribution in [0.15, 0.2) is 46.7 Å². The summed E-state index contributed by atoms with van der Waals surface area (Å²) in [4.78, 5) is 8.67. The Morgan fingerprint density at radius 1 is 1.20 bits per heavy atom. The van der Waals surface area contributed by atoms with E-state index in [4.69, 9.17) is 5.73 Å². The molecular formula is C10H8FN3S. The van der Waals surface area contributed by atoms with E-state index < -0.39 is 0 Å². The molecule has 0 atom stereocenters. The topological polar surface area (TPSA) is 51.8 Å². The highest BCUT2D eigenvalue weighted by molar-refractivity contribution is 7.99. The third kappa shape index (κ3) is 2.44. The normalized spacial score (nSPS) is 10.2. The van der Waals surface area contributed by atoms with Crippen molar-refractivity contribution >= 4 is 17.4 Å². The van der Waals surface area contributed by atoms with Gasteiger partial charge in [-0.05, 0) is 18.2 Å². The molecule has 76 valence electrons. The highest BCUT2D eigenvalue weighted by Gasteiger charge is 2.02. The van der Waals surface area contributed by atoms with Crippen LogP contribution in [0.3, 0.4) is 0 Å². The summed E-state index contributed by atoms with van der Waals surface area (Å²) in [5.74, 6) is -0.345. The average molecular weight is 221 g/mol. The largest absolute Gasteiger partial charge is 0.397 e. The zero-order valence-corrected chi connectivity index (χ0v) is 8.54. The number of halogens is 1. The number of nitrogens with zero attached hydrogens (tertiary/aromatic N) is 2. The van der Waals surface area contributed by atoms with Gasteiger partial charge in [0.1, 0.15) is 10.8 Å². The molecule has 0 amide bonds. The van der Waals surface area contributed by atoms with E-state index in [-0.39, 0.29) is 5.82 Å². The Kier molecular flexibility index (Phi) is 2.82. The van der Waals surface area contributed by atoms with E-state index in [1.165, 1.54) is 24.0 Å². The van der Waals surface area contributed by atoms with Gasteiger partial charge >= 0.3 is 0 Å². The van der Waals surface area contributed by atoms with Crippen LogP contribution in [0.2, 0.25) is 0 Å². The molecule has 0 fully saturated rings. The fourth-order valence-electron chi connectivity index (χ4n) is 1.02. The van der Waals surface area contributed by atoms with Gasteiger partial charge in [-0.15, -0.1) is 0 Å². The van der Waals surface area contributed by atoms with Crippen molar-refractivity contribution in [1.29, 1.82) is 0 Å². The van der Waals surface area contributed by atoms with Crippen molar-refractivity contribution in [2.75, 3.05) is 5.73 Å². The van der Waals surface area contributed by atoms with Gasteiger partial charge in [0.2, 0.25) is 0 Å². The highest BCUT2D eigenvalue weighted by Crippen LogP contribution is 2.29. The molecule has 0 aliphatic rings. The Hall–Kier alpha value is -1.62. The standard InChI is InChI=1S/C10H8FN3S/c11-7-1-2-10(14-5-7)15-9-3-4-13-6-8(9)12/h1-6H,12H2. The highest BCUT2D eigenvalue weighted by atomic mass is 32.2. The summed E-state index contributed by atoms with van der Waals surface area (Å²) in [5, 5.41) is 0.703. The van der Waals surface area contributed by atoms with Gasteiger partial charge in [-0.3, -0.25) is 4.98 Å². The zero-order chi connectivity index (χ0) is 10.7. The number of hydrogen-bond acceptors (Lipinski definition) is 4. The first-order chi connectivity index (χ1) is 7.25. The van der Waals surface area contributed by atoms with Crippen molar-refractivity contribution in [2.24, 2.45) is 0 Å². The molecule has 15 heavy (non-hydrogen) atoms. The van der Waals surface area contributed by atoms with E-state index in [0.29, 0.717) is 10.7 Å². The summed E-state index contributed by atoms with van der Waals surface area (Å²) in [6.07, 6.45) is 4.41. The first kappa shape index (κ1) is 9.92. The first-order valence-electron chi connectivity index (χ1n) is 4.24. The quantitative estimate of drug-likeness (QED) is 0.845. The maximum absolute atomic E-state index is 12.6. The maximum atomic E-state index is 12.6. The van der Waals surface area contributed by atoms with Gasteiger partial charge in [0.25, 0.3) is 0 Å². The van der Waals surface area contributed by atoms with Crippen LogP contribution in [0.1, 0.15) is 0 Å². The Bertz CT molecular complexity index is 458. The van der Waals surface area contributed by atoms with Gasteiger partial charge in [-0.25, -0.2) is 9.37 Å². The molecule has 0 unspecified atom stereocenters. The Morgan fingerprint density at radius 3 is 2.73 bits per heavy atom. The minimum absolute atomic E-state index is 0.345. The predicted molar refractivity (Wildman–Crippen MR) is 57.0 cm³/mol. The monoisotopic (exact) mass is 221 g/mol. The van der Waals surface area contributed by atoms with Crippen molar-refractivity contribution in [3.8, 4) is 0 Å². The number of anilines is 1. The molecule has 0 spiro atoms. The van der Waals surface area contributed by atoms with Crippen molar-refractivity contribution in [1.82, 2.24) is 9.97 Å². The molecule has 3 nitrogen and oxygen atoms in total. The Morgan fingerprint density at radius 2 is 2.07 bits per heavy atom. The molecule has 2 aromatic heterocycles. The predicted octanol–water partition coefficient (Wildman–Crippen LogP) is 2.35. The summed E-state index contributed by atoms with van der Waals surface area (Å²) >= 11 is 1.38. The van der Waals surface area contributed by atoms with Crippen molar-refractivity contribution in [3.05, 3.63) is 42.6 Å². The molecule has 0 bridgehead atoms. The molecule has 2 N–H and O–H groups in total. The van der Waals surface area contributed by atoms with Gasteiger partial charge in [0.05, 0.1) is 18.1 Å². The lowest BCUT2D eigenvalue weighted by Gasteiger charge is -2.02. The lowest BCUT2D eigenvalue weighted by molar-refractivity contribution is 0.618. The SMILES string of the molecule is Nc1cnccc1Sc1ccc(F)cn1. The van der Waals surface area contributed by atoms with Crippen LogP contribution in [-0.4, -0.2) is 9.97 Å². The summed E-state index contributed by atoms with van der Waals surface area (Å²) in [6.45, 7) is 0. The molecule has 0 aromatic carbocycles. The molecule has 2 aromatic rings. The number of rotatable bonds is 2. The molecule has 2 rings (SSSR count). The molecular weight excluding hydrogens is 213 g/mol. The third-order valence-corrected chi connectivity index (χ3v) is 2.77. The Balaban J connectivity index is 2.22. The van der Waals surface area contributed by atoms with E-state index in [9.17, 15) is 4.39 Å². The average Bonchev–Trinajstić information content (AvgIpc) is 2.25. The molecule has 0 aliphatic carbocycles. The second kappa shape index (κ2) is 4.27. The third-order valence-electron chi connectivity index (χ3n) is 1.72. The molecule has 5 heteroatoms. The second-order valence-electron chi connectivity index (χ2n) is 2.83. The Labute approximate surface area is 90.6 Å². The molecule has 0 saturated heterocycles. The van der Waals surface area contributed by atoms with Crippen molar-refractivity contribution in [3.63, 3.8) is 0 Å². The van der Waals surface area contributed by atoms with E-state index in [2.05, 4.69) is 9.97 Å². The summed E-state index contributed by atoms with van der Waals surface area (Å²) < 4.78 is 12.6. The van der Waals surface area contributed by atoms with Gasteiger partial charge < -0.3 is 5.73 Å². The lowest BCUT2D eigenvalue weighted by Crippen LogP contribution is -1.89. The number of pyridine rings is 2. The fourth-order valence-corrected chi connectivity index (χ4v) is 1.79. The van der Waals surface area contributed by atoms with Crippen molar-refractivity contribution < 1.29 is 4.39 Å². The van der Waals surface area contributed by atoms with E-state index >= 15 is 0 Å². The minimum Gasteiger partial charge on any atom is -0.397 e. The summed E-state index contributed by atoms with van der Waals surface area (Å²) in [7, 11) is 0. The number of hydrogen-bond donors (Lipinski definition) is 1. The first-order valence-corrected chi connectivity index (χ1v) is 5.06. The maximum Gasteiger partial charge on any atom is 0.141 e. The summed E-state index contributed by atoms with van der Waals surface area (Å²) in [5.41, 5.74) is 6.30. The molecule has 2 heterocycles. The number of aromatic nitrogens is 2. The van der Waals surface area contributed by atoms with Gasteiger partial charge in [-0.1, -0.05) is 11.8 Å². The molecule has 0 aliphatic heterocycles. The van der Waals surface area contributed by atoms with Crippen LogP contribution in [0.25, 0.3) is 0 Å².